The SMILES string of the molecule is CCCCNCCn1ccc(C)n1. The van der Waals surface area contributed by atoms with Crippen LogP contribution in [0.25, 0.3) is 0 Å². The molecule has 74 valence electrons. The summed E-state index contributed by atoms with van der Waals surface area (Å²) in [5.41, 5.74) is 1.09. The van der Waals surface area contributed by atoms with E-state index in [4.69, 9.17) is 0 Å². The van der Waals surface area contributed by atoms with Crippen molar-refractivity contribution >= 4 is 0 Å². The van der Waals surface area contributed by atoms with Crippen molar-refractivity contribution in [2.75, 3.05) is 13.1 Å². The van der Waals surface area contributed by atoms with Crippen molar-refractivity contribution in [1.29, 1.82) is 0 Å². The standard InChI is InChI=1S/C10H19N3/c1-3-4-6-11-7-9-13-8-5-10(2)12-13/h5,8,11H,3-4,6-7,9H2,1-2H3. The van der Waals surface area contributed by atoms with Crippen molar-refractivity contribution in [1.82, 2.24) is 15.1 Å². The summed E-state index contributed by atoms with van der Waals surface area (Å²) in [6.45, 7) is 7.33. The minimum absolute atomic E-state index is 0.970. The number of unbranched alkanes of at least 4 members (excludes halogenated alkanes) is 1. The van der Waals surface area contributed by atoms with Gasteiger partial charge in [-0.15, -0.1) is 0 Å². The van der Waals surface area contributed by atoms with Crippen LogP contribution >= 0.6 is 0 Å². The molecule has 0 amide bonds. The molecule has 1 aromatic rings. The van der Waals surface area contributed by atoms with Gasteiger partial charge in [-0.1, -0.05) is 13.3 Å². The number of nitrogens with zero attached hydrogens (tertiary/aromatic N) is 2. The summed E-state index contributed by atoms with van der Waals surface area (Å²) in [4.78, 5) is 0. The van der Waals surface area contributed by atoms with Crippen LogP contribution in [-0.4, -0.2) is 22.9 Å². The second-order valence-electron chi connectivity index (χ2n) is 3.32. The van der Waals surface area contributed by atoms with Crippen LogP contribution in [0.5, 0.6) is 0 Å². The van der Waals surface area contributed by atoms with Gasteiger partial charge in [0.25, 0.3) is 0 Å². The minimum Gasteiger partial charge on any atom is -0.315 e. The maximum absolute atomic E-state index is 4.31. The van der Waals surface area contributed by atoms with E-state index in [0.717, 1.165) is 25.3 Å². The van der Waals surface area contributed by atoms with Gasteiger partial charge in [0, 0.05) is 12.7 Å². The zero-order valence-electron chi connectivity index (χ0n) is 8.58. The first-order valence-corrected chi connectivity index (χ1v) is 5.03. The summed E-state index contributed by atoms with van der Waals surface area (Å²) in [6.07, 6.45) is 4.54. The molecule has 0 radical (unpaired) electrons. The molecule has 0 fully saturated rings. The predicted molar refractivity (Wildman–Crippen MR) is 54.7 cm³/mol. The van der Waals surface area contributed by atoms with Crippen molar-refractivity contribution in [2.24, 2.45) is 0 Å². The van der Waals surface area contributed by atoms with Gasteiger partial charge in [-0.25, -0.2) is 0 Å². The van der Waals surface area contributed by atoms with Crippen LogP contribution in [0.4, 0.5) is 0 Å². The zero-order valence-corrected chi connectivity index (χ0v) is 8.58. The van der Waals surface area contributed by atoms with E-state index in [0.29, 0.717) is 0 Å². The molecule has 1 N–H and O–H groups in total. The van der Waals surface area contributed by atoms with E-state index in [9.17, 15) is 0 Å². The van der Waals surface area contributed by atoms with Gasteiger partial charge in [-0.05, 0) is 26.0 Å². The molecular formula is C10H19N3. The van der Waals surface area contributed by atoms with Crippen LogP contribution in [-0.2, 0) is 6.54 Å². The van der Waals surface area contributed by atoms with Crippen molar-refractivity contribution < 1.29 is 0 Å². The summed E-state index contributed by atoms with van der Waals surface area (Å²) < 4.78 is 1.98. The third-order valence-corrected chi connectivity index (χ3v) is 2.00. The summed E-state index contributed by atoms with van der Waals surface area (Å²) in [5.74, 6) is 0. The van der Waals surface area contributed by atoms with E-state index in [1.807, 2.05) is 23.9 Å². The van der Waals surface area contributed by atoms with Gasteiger partial charge in [-0.3, -0.25) is 4.68 Å². The van der Waals surface area contributed by atoms with E-state index < -0.39 is 0 Å². The maximum Gasteiger partial charge on any atom is 0.0593 e. The van der Waals surface area contributed by atoms with Gasteiger partial charge in [0.05, 0.1) is 12.2 Å². The number of nitrogens with one attached hydrogen (secondary N) is 1. The Hall–Kier alpha value is -0.830. The Bertz CT molecular complexity index is 230. The Morgan fingerprint density at radius 2 is 2.31 bits per heavy atom. The molecule has 0 unspecified atom stereocenters. The Balaban J connectivity index is 2.06. The highest BCUT2D eigenvalue weighted by molar-refractivity contribution is 4.94. The fourth-order valence-electron chi connectivity index (χ4n) is 1.21. The smallest absolute Gasteiger partial charge is 0.0593 e. The van der Waals surface area contributed by atoms with Crippen LogP contribution in [0.3, 0.4) is 0 Å². The Morgan fingerprint density at radius 3 is 2.92 bits per heavy atom. The zero-order chi connectivity index (χ0) is 9.52. The van der Waals surface area contributed by atoms with Gasteiger partial charge in [-0.2, -0.15) is 5.10 Å². The molecule has 0 atom stereocenters. The van der Waals surface area contributed by atoms with Crippen LogP contribution in [0.15, 0.2) is 12.3 Å². The highest BCUT2D eigenvalue weighted by atomic mass is 15.3. The molecular weight excluding hydrogens is 162 g/mol. The van der Waals surface area contributed by atoms with Gasteiger partial charge in [0.2, 0.25) is 0 Å². The Labute approximate surface area is 80.1 Å². The first-order valence-electron chi connectivity index (χ1n) is 5.03. The average Bonchev–Trinajstić information content (AvgIpc) is 2.51. The average molecular weight is 181 g/mol. The number of hydrogen-bond acceptors (Lipinski definition) is 2. The summed E-state index contributed by atoms with van der Waals surface area (Å²) >= 11 is 0. The van der Waals surface area contributed by atoms with Gasteiger partial charge in [0.1, 0.15) is 0 Å². The van der Waals surface area contributed by atoms with Crippen molar-refractivity contribution in [3.8, 4) is 0 Å². The van der Waals surface area contributed by atoms with Gasteiger partial charge >= 0.3 is 0 Å². The third kappa shape index (κ3) is 4.08. The minimum atomic E-state index is 0.970. The second kappa shape index (κ2) is 5.75. The molecule has 0 saturated carbocycles. The van der Waals surface area contributed by atoms with Crippen molar-refractivity contribution in [3.05, 3.63) is 18.0 Å². The predicted octanol–water partition coefficient (Wildman–Crippen LogP) is 1.58. The number of aryl methyl sites for hydroxylation is 1. The molecule has 1 rings (SSSR count). The molecule has 3 heteroatoms. The molecule has 3 nitrogen and oxygen atoms in total. The number of hydrogen-bond donors (Lipinski definition) is 1. The molecule has 13 heavy (non-hydrogen) atoms. The Kier molecular flexibility index (Phi) is 4.54. The highest BCUT2D eigenvalue weighted by Crippen LogP contribution is 1.91. The molecule has 0 aliphatic rings. The lowest BCUT2D eigenvalue weighted by Gasteiger charge is -2.03. The molecule has 0 aromatic carbocycles. The molecule has 0 bridgehead atoms. The van der Waals surface area contributed by atoms with E-state index in [2.05, 4.69) is 17.3 Å². The monoisotopic (exact) mass is 181 g/mol. The van der Waals surface area contributed by atoms with Crippen molar-refractivity contribution in [2.45, 2.75) is 33.2 Å². The molecule has 0 aliphatic carbocycles. The largest absolute Gasteiger partial charge is 0.315 e. The third-order valence-electron chi connectivity index (χ3n) is 2.00. The number of aromatic nitrogens is 2. The highest BCUT2D eigenvalue weighted by Gasteiger charge is 1.92. The van der Waals surface area contributed by atoms with Crippen LogP contribution < -0.4 is 5.32 Å². The molecule has 1 heterocycles. The summed E-state index contributed by atoms with van der Waals surface area (Å²) in [6, 6.07) is 2.03. The van der Waals surface area contributed by atoms with Gasteiger partial charge in [0.15, 0.2) is 0 Å². The molecule has 0 aliphatic heterocycles. The van der Waals surface area contributed by atoms with Crippen molar-refractivity contribution in [3.63, 3.8) is 0 Å². The maximum atomic E-state index is 4.31. The summed E-state index contributed by atoms with van der Waals surface area (Å²) in [7, 11) is 0. The fraction of sp³-hybridized carbons (Fsp3) is 0.700. The first-order chi connectivity index (χ1) is 6.33. The fourth-order valence-corrected chi connectivity index (χ4v) is 1.21. The lowest BCUT2D eigenvalue weighted by atomic mass is 10.3. The molecule has 0 saturated heterocycles. The molecule has 0 spiro atoms. The van der Waals surface area contributed by atoms with E-state index in [1.54, 1.807) is 0 Å². The molecule has 1 aromatic heterocycles. The lowest BCUT2D eigenvalue weighted by Crippen LogP contribution is -2.21. The Morgan fingerprint density at radius 1 is 1.46 bits per heavy atom. The quantitative estimate of drug-likeness (QED) is 0.675. The lowest BCUT2D eigenvalue weighted by molar-refractivity contribution is 0.543. The number of rotatable bonds is 6. The van der Waals surface area contributed by atoms with E-state index in [-0.39, 0.29) is 0 Å². The first kappa shape index (κ1) is 10.3. The topological polar surface area (TPSA) is 29.9 Å². The van der Waals surface area contributed by atoms with E-state index in [1.165, 1.54) is 12.8 Å². The van der Waals surface area contributed by atoms with Crippen LogP contribution in [0, 0.1) is 6.92 Å². The van der Waals surface area contributed by atoms with Gasteiger partial charge < -0.3 is 5.32 Å². The normalized spacial score (nSPS) is 10.6. The van der Waals surface area contributed by atoms with Crippen LogP contribution in [0.2, 0.25) is 0 Å². The second-order valence-corrected chi connectivity index (χ2v) is 3.32. The van der Waals surface area contributed by atoms with Crippen LogP contribution in [0.1, 0.15) is 25.5 Å². The van der Waals surface area contributed by atoms with E-state index >= 15 is 0 Å². The summed E-state index contributed by atoms with van der Waals surface area (Å²) in [5, 5.41) is 7.69.